The molecule has 0 saturated carbocycles. The van der Waals surface area contributed by atoms with Gasteiger partial charge >= 0.3 is 0 Å². The molecule has 3 aromatic rings. The molecular formula is C19H23B4N5O2. The van der Waals surface area contributed by atoms with Gasteiger partial charge in [-0.15, -0.1) is 0 Å². The number of amides is 1. The SMILES string of the molecule is Bc1nc(B)c(-c2cc3cc(NC(=O)CN4CCOCC4)ncc3cn2)c(B)c1B. The van der Waals surface area contributed by atoms with Gasteiger partial charge in [-0.1, -0.05) is 10.9 Å². The number of hydrogen-bond donors (Lipinski definition) is 1. The van der Waals surface area contributed by atoms with E-state index in [2.05, 4.69) is 40.9 Å². The van der Waals surface area contributed by atoms with E-state index in [-0.39, 0.29) is 5.91 Å². The zero-order valence-electron chi connectivity index (χ0n) is 18.0. The Balaban J connectivity index is 1.60. The third-order valence-corrected chi connectivity index (χ3v) is 5.78. The summed E-state index contributed by atoms with van der Waals surface area (Å²) in [7, 11) is 8.25. The molecule has 0 unspecified atom stereocenters. The summed E-state index contributed by atoms with van der Waals surface area (Å²) in [6.07, 6.45) is 3.57. The van der Waals surface area contributed by atoms with E-state index >= 15 is 0 Å². The molecule has 1 N–H and O–H groups in total. The number of morpholine rings is 1. The molecule has 0 atom stereocenters. The molecule has 7 nitrogen and oxygen atoms in total. The zero-order valence-corrected chi connectivity index (χ0v) is 18.0. The zero-order chi connectivity index (χ0) is 21.3. The first-order chi connectivity index (χ1) is 14.4. The molecule has 30 heavy (non-hydrogen) atoms. The lowest BCUT2D eigenvalue weighted by molar-refractivity contribution is -0.118. The first-order valence-corrected chi connectivity index (χ1v) is 10.2. The molecule has 0 radical (unpaired) electrons. The summed E-state index contributed by atoms with van der Waals surface area (Å²) < 4.78 is 5.33. The normalized spacial score (nSPS) is 14.7. The van der Waals surface area contributed by atoms with Gasteiger partial charge in [0.15, 0.2) is 15.7 Å². The number of rotatable bonds is 4. The lowest BCUT2D eigenvalue weighted by Gasteiger charge is -2.25. The number of fused-ring (bicyclic) bond motifs is 1. The predicted octanol–water partition coefficient (Wildman–Crippen LogP) is -5.00. The van der Waals surface area contributed by atoms with Gasteiger partial charge in [-0.2, -0.15) is 0 Å². The van der Waals surface area contributed by atoms with Crippen LogP contribution in [0.3, 0.4) is 0 Å². The maximum Gasteiger partial charge on any atom is 0.239 e. The van der Waals surface area contributed by atoms with Crippen LogP contribution in [-0.4, -0.2) is 90.0 Å². The maximum absolute atomic E-state index is 12.4. The number of ether oxygens (including phenoxy) is 1. The second-order valence-corrected chi connectivity index (χ2v) is 7.83. The van der Waals surface area contributed by atoms with Crippen LogP contribution in [0.15, 0.2) is 24.5 Å². The van der Waals surface area contributed by atoms with E-state index in [1.54, 1.807) is 6.20 Å². The van der Waals surface area contributed by atoms with Crippen molar-refractivity contribution < 1.29 is 9.53 Å². The summed E-state index contributed by atoms with van der Waals surface area (Å²) >= 11 is 0. The number of carbonyl (C=O) groups excluding carboxylic acids is 1. The average molecular weight is 397 g/mol. The van der Waals surface area contributed by atoms with E-state index in [0.717, 1.165) is 46.3 Å². The van der Waals surface area contributed by atoms with Crippen molar-refractivity contribution in [2.75, 3.05) is 38.2 Å². The van der Waals surface area contributed by atoms with Crippen molar-refractivity contribution in [3.63, 3.8) is 0 Å². The van der Waals surface area contributed by atoms with E-state index in [1.165, 1.54) is 10.9 Å². The minimum atomic E-state index is -0.0666. The molecule has 148 valence electrons. The Hall–Kier alpha value is -2.64. The van der Waals surface area contributed by atoms with Gasteiger partial charge < -0.3 is 10.1 Å². The molecule has 0 aromatic carbocycles. The van der Waals surface area contributed by atoms with Crippen molar-refractivity contribution >= 4 is 76.0 Å². The van der Waals surface area contributed by atoms with Crippen LogP contribution in [0.2, 0.25) is 0 Å². The van der Waals surface area contributed by atoms with Crippen molar-refractivity contribution in [2.45, 2.75) is 0 Å². The third-order valence-electron chi connectivity index (χ3n) is 5.78. The lowest BCUT2D eigenvalue weighted by atomic mass is 9.70. The number of nitrogens with zero attached hydrogens (tertiary/aromatic N) is 4. The van der Waals surface area contributed by atoms with Gasteiger partial charge in [-0.3, -0.25) is 19.7 Å². The molecule has 1 amide bonds. The summed E-state index contributed by atoms with van der Waals surface area (Å²) in [5.74, 6) is 0.479. The second kappa shape index (κ2) is 8.61. The van der Waals surface area contributed by atoms with Crippen molar-refractivity contribution in [1.82, 2.24) is 19.9 Å². The number of aromatic nitrogens is 3. The molecule has 0 spiro atoms. The first kappa shape index (κ1) is 20.6. The summed E-state index contributed by atoms with van der Waals surface area (Å²) in [4.78, 5) is 28.2. The minimum absolute atomic E-state index is 0.0666. The molecule has 1 saturated heterocycles. The monoisotopic (exact) mass is 397 g/mol. The Kier molecular flexibility index (Phi) is 5.92. The van der Waals surface area contributed by atoms with Crippen LogP contribution >= 0.6 is 0 Å². The highest BCUT2D eigenvalue weighted by Gasteiger charge is 2.15. The van der Waals surface area contributed by atoms with Crippen LogP contribution in [0.5, 0.6) is 0 Å². The van der Waals surface area contributed by atoms with Crippen molar-refractivity contribution in [1.29, 1.82) is 0 Å². The van der Waals surface area contributed by atoms with Crippen LogP contribution in [0, 0.1) is 0 Å². The maximum atomic E-state index is 12.4. The molecule has 0 aliphatic carbocycles. The van der Waals surface area contributed by atoms with Gasteiger partial charge in [0.25, 0.3) is 0 Å². The van der Waals surface area contributed by atoms with Crippen molar-refractivity contribution in [3.05, 3.63) is 24.5 Å². The minimum Gasteiger partial charge on any atom is -0.379 e. The second-order valence-electron chi connectivity index (χ2n) is 7.83. The Morgan fingerprint density at radius 2 is 1.73 bits per heavy atom. The number of anilines is 1. The molecular weight excluding hydrogens is 373 g/mol. The number of carbonyl (C=O) groups is 1. The summed E-state index contributed by atoms with van der Waals surface area (Å²) in [6.45, 7) is 3.23. The highest BCUT2D eigenvalue weighted by atomic mass is 16.5. The van der Waals surface area contributed by atoms with Gasteiger partial charge in [0, 0.05) is 42.0 Å². The van der Waals surface area contributed by atoms with E-state index in [1.807, 2.05) is 34.0 Å². The number of nitrogens with one attached hydrogen (secondary N) is 1. The van der Waals surface area contributed by atoms with E-state index in [4.69, 9.17) is 4.74 Å². The Morgan fingerprint density at radius 3 is 2.50 bits per heavy atom. The smallest absolute Gasteiger partial charge is 0.239 e. The molecule has 4 rings (SSSR count). The Labute approximate surface area is 179 Å². The van der Waals surface area contributed by atoms with Gasteiger partial charge in [-0.25, -0.2) is 4.98 Å². The lowest BCUT2D eigenvalue weighted by Crippen LogP contribution is -2.47. The van der Waals surface area contributed by atoms with Crippen molar-refractivity contribution in [2.24, 2.45) is 0 Å². The molecule has 1 aliphatic rings. The largest absolute Gasteiger partial charge is 0.379 e. The van der Waals surface area contributed by atoms with E-state index in [0.29, 0.717) is 25.6 Å². The van der Waals surface area contributed by atoms with Crippen molar-refractivity contribution in [3.8, 4) is 11.3 Å². The van der Waals surface area contributed by atoms with Gasteiger partial charge in [0.05, 0.1) is 25.5 Å². The predicted molar refractivity (Wildman–Crippen MR) is 131 cm³/mol. The quantitative estimate of drug-likeness (QED) is 0.445. The van der Waals surface area contributed by atoms with Crippen LogP contribution in [0.25, 0.3) is 22.0 Å². The van der Waals surface area contributed by atoms with E-state index in [9.17, 15) is 4.79 Å². The third kappa shape index (κ3) is 4.27. The number of hydrogen-bond acceptors (Lipinski definition) is 6. The van der Waals surface area contributed by atoms with E-state index < -0.39 is 0 Å². The van der Waals surface area contributed by atoms with Gasteiger partial charge in [0.1, 0.15) is 21.5 Å². The summed E-state index contributed by atoms with van der Waals surface area (Å²) in [5.41, 5.74) is 6.34. The highest BCUT2D eigenvalue weighted by Crippen LogP contribution is 2.21. The molecule has 0 bridgehead atoms. The molecule has 1 aliphatic heterocycles. The fraction of sp³-hybridized carbons (Fsp3) is 0.263. The summed E-state index contributed by atoms with van der Waals surface area (Å²) in [6, 6.07) is 3.94. The molecule has 3 aromatic heterocycles. The Bertz CT molecular complexity index is 1120. The van der Waals surface area contributed by atoms with Crippen LogP contribution in [0.1, 0.15) is 0 Å². The van der Waals surface area contributed by atoms with Crippen LogP contribution in [0.4, 0.5) is 5.82 Å². The van der Waals surface area contributed by atoms with Gasteiger partial charge in [0.2, 0.25) is 5.91 Å². The summed E-state index contributed by atoms with van der Waals surface area (Å²) in [5, 5.41) is 4.82. The fourth-order valence-electron chi connectivity index (χ4n) is 3.89. The highest BCUT2D eigenvalue weighted by molar-refractivity contribution is 6.59. The molecule has 11 heteroatoms. The number of pyridine rings is 3. The topological polar surface area (TPSA) is 80.2 Å². The van der Waals surface area contributed by atoms with Crippen LogP contribution in [-0.2, 0) is 9.53 Å². The fourth-order valence-corrected chi connectivity index (χ4v) is 3.89. The average Bonchev–Trinajstić information content (AvgIpc) is 2.72. The van der Waals surface area contributed by atoms with Gasteiger partial charge in [-0.05, 0) is 23.1 Å². The molecule has 1 fully saturated rings. The van der Waals surface area contributed by atoms with Crippen LogP contribution < -0.4 is 27.4 Å². The first-order valence-electron chi connectivity index (χ1n) is 10.2. The Morgan fingerprint density at radius 1 is 1.00 bits per heavy atom. The standard InChI is InChI=1S/C19H23B4N5O2/c20-16-15(18(22)27-19(23)17(16)21)12-5-10-6-13(25-8-11(10)7-24-12)26-14(29)9-28-1-3-30-4-2-28/h5-8H,1-4,9,20-23H2,(H,25,26,29). The molecule has 4 heterocycles.